The van der Waals surface area contributed by atoms with E-state index >= 15 is 0 Å². The van der Waals surface area contributed by atoms with Gasteiger partial charge < -0.3 is 10.2 Å². The van der Waals surface area contributed by atoms with Gasteiger partial charge in [0.1, 0.15) is 11.6 Å². The summed E-state index contributed by atoms with van der Waals surface area (Å²) in [7, 11) is 3.74. The summed E-state index contributed by atoms with van der Waals surface area (Å²) in [4.78, 5) is 18.6. The molecule has 0 aliphatic heterocycles. The van der Waals surface area contributed by atoms with E-state index in [1.165, 1.54) is 0 Å². The standard InChI is InChI=1S/C18H17Cl2N5O/c1-24(2)16-10-12(6-8-21-16)18(26)23-15-7-9-22-25(15)11-13-4-3-5-14(19)17(13)20/h3-10H,11H2,1-2H3,(H,23,26). The maximum atomic E-state index is 12.6. The molecule has 0 aliphatic carbocycles. The van der Waals surface area contributed by atoms with Gasteiger partial charge in [0.2, 0.25) is 0 Å². The molecule has 0 spiro atoms. The van der Waals surface area contributed by atoms with Gasteiger partial charge in [-0.15, -0.1) is 0 Å². The van der Waals surface area contributed by atoms with Crippen molar-refractivity contribution in [2.24, 2.45) is 0 Å². The van der Waals surface area contributed by atoms with E-state index in [1.54, 1.807) is 41.3 Å². The summed E-state index contributed by atoms with van der Waals surface area (Å²) in [6, 6.07) is 10.5. The summed E-state index contributed by atoms with van der Waals surface area (Å²) in [5, 5.41) is 8.08. The van der Waals surface area contributed by atoms with Gasteiger partial charge in [0.25, 0.3) is 5.91 Å². The Morgan fingerprint density at radius 2 is 2.00 bits per heavy atom. The lowest BCUT2D eigenvalue weighted by Gasteiger charge is -2.13. The number of benzene rings is 1. The quantitative estimate of drug-likeness (QED) is 0.717. The van der Waals surface area contributed by atoms with Crippen LogP contribution in [0.15, 0.2) is 48.8 Å². The van der Waals surface area contributed by atoms with Crippen LogP contribution in [0, 0.1) is 0 Å². The lowest BCUT2D eigenvalue weighted by Crippen LogP contribution is -2.17. The molecule has 134 valence electrons. The summed E-state index contributed by atoms with van der Waals surface area (Å²) < 4.78 is 1.66. The van der Waals surface area contributed by atoms with E-state index < -0.39 is 0 Å². The number of anilines is 2. The highest BCUT2D eigenvalue weighted by atomic mass is 35.5. The topological polar surface area (TPSA) is 63.1 Å². The van der Waals surface area contributed by atoms with Crippen molar-refractivity contribution >= 4 is 40.7 Å². The minimum Gasteiger partial charge on any atom is -0.363 e. The van der Waals surface area contributed by atoms with Crippen LogP contribution in [0.1, 0.15) is 15.9 Å². The van der Waals surface area contributed by atoms with E-state index in [4.69, 9.17) is 23.2 Å². The van der Waals surface area contributed by atoms with Crippen LogP contribution in [0.2, 0.25) is 10.0 Å². The Labute approximate surface area is 161 Å². The lowest BCUT2D eigenvalue weighted by atomic mass is 10.2. The van der Waals surface area contributed by atoms with Crippen molar-refractivity contribution in [1.82, 2.24) is 14.8 Å². The number of pyridine rings is 1. The Morgan fingerprint density at radius 1 is 1.19 bits per heavy atom. The molecule has 0 saturated heterocycles. The Morgan fingerprint density at radius 3 is 2.77 bits per heavy atom. The normalized spacial score (nSPS) is 10.6. The van der Waals surface area contributed by atoms with Gasteiger partial charge in [-0.3, -0.25) is 4.79 Å². The smallest absolute Gasteiger partial charge is 0.256 e. The molecule has 0 atom stereocenters. The molecule has 0 radical (unpaired) electrons. The molecule has 0 bridgehead atoms. The van der Waals surface area contributed by atoms with Crippen molar-refractivity contribution in [3.8, 4) is 0 Å². The molecule has 0 saturated carbocycles. The van der Waals surface area contributed by atoms with E-state index in [2.05, 4.69) is 15.4 Å². The van der Waals surface area contributed by atoms with Crippen molar-refractivity contribution in [3.63, 3.8) is 0 Å². The molecule has 3 aromatic rings. The number of nitrogens with one attached hydrogen (secondary N) is 1. The van der Waals surface area contributed by atoms with Gasteiger partial charge in [0, 0.05) is 31.9 Å². The molecule has 2 aromatic heterocycles. The molecule has 1 N–H and O–H groups in total. The average Bonchev–Trinajstić information content (AvgIpc) is 3.05. The SMILES string of the molecule is CN(C)c1cc(C(=O)Nc2ccnn2Cc2cccc(Cl)c2Cl)ccn1. The van der Waals surface area contributed by atoms with Crippen molar-refractivity contribution in [2.45, 2.75) is 6.54 Å². The van der Waals surface area contributed by atoms with Crippen molar-refractivity contribution in [3.05, 3.63) is 70.0 Å². The highest BCUT2D eigenvalue weighted by Gasteiger charge is 2.13. The van der Waals surface area contributed by atoms with Crippen molar-refractivity contribution in [1.29, 1.82) is 0 Å². The number of halogens is 2. The van der Waals surface area contributed by atoms with Gasteiger partial charge in [-0.2, -0.15) is 5.10 Å². The van der Waals surface area contributed by atoms with E-state index in [-0.39, 0.29) is 5.91 Å². The molecular formula is C18H17Cl2N5O. The summed E-state index contributed by atoms with van der Waals surface area (Å²) >= 11 is 12.3. The van der Waals surface area contributed by atoms with E-state index in [0.29, 0.717) is 33.8 Å². The third-order valence-corrected chi connectivity index (χ3v) is 4.63. The molecular weight excluding hydrogens is 373 g/mol. The van der Waals surface area contributed by atoms with Crippen LogP contribution < -0.4 is 10.2 Å². The maximum absolute atomic E-state index is 12.6. The first-order valence-corrected chi connectivity index (χ1v) is 8.60. The van der Waals surface area contributed by atoms with Crippen LogP contribution in [0.5, 0.6) is 0 Å². The summed E-state index contributed by atoms with van der Waals surface area (Å²) in [6.07, 6.45) is 3.22. The number of hydrogen-bond donors (Lipinski definition) is 1. The van der Waals surface area contributed by atoms with Gasteiger partial charge in [-0.1, -0.05) is 35.3 Å². The summed E-state index contributed by atoms with van der Waals surface area (Å²) in [5.41, 5.74) is 1.33. The molecule has 3 rings (SSSR count). The maximum Gasteiger partial charge on any atom is 0.256 e. The molecule has 0 unspecified atom stereocenters. The number of carbonyl (C=O) groups is 1. The number of carbonyl (C=O) groups excluding carboxylic acids is 1. The predicted molar refractivity (Wildman–Crippen MR) is 104 cm³/mol. The molecule has 1 amide bonds. The van der Waals surface area contributed by atoms with Crippen LogP contribution >= 0.6 is 23.2 Å². The molecule has 8 heteroatoms. The van der Waals surface area contributed by atoms with E-state index in [0.717, 1.165) is 5.56 Å². The first-order chi connectivity index (χ1) is 12.5. The first kappa shape index (κ1) is 18.2. The molecule has 0 aliphatic rings. The third kappa shape index (κ3) is 3.98. The van der Waals surface area contributed by atoms with Gasteiger partial charge in [0.05, 0.1) is 22.8 Å². The van der Waals surface area contributed by atoms with Crippen molar-refractivity contribution < 1.29 is 4.79 Å². The average molecular weight is 390 g/mol. The Kier molecular flexibility index (Phi) is 5.44. The number of hydrogen-bond acceptors (Lipinski definition) is 4. The van der Waals surface area contributed by atoms with Crippen LogP contribution in [-0.4, -0.2) is 34.8 Å². The second kappa shape index (κ2) is 7.76. The summed E-state index contributed by atoms with van der Waals surface area (Å²) in [6.45, 7) is 0.390. The zero-order chi connectivity index (χ0) is 18.7. The molecule has 26 heavy (non-hydrogen) atoms. The van der Waals surface area contributed by atoms with Crippen LogP contribution in [0.4, 0.5) is 11.6 Å². The minimum atomic E-state index is -0.241. The van der Waals surface area contributed by atoms with Gasteiger partial charge in [0.15, 0.2) is 0 Å². The zero-order valence-corrected chi connectivity index (χ0v) is 15.8. The third-order valence-electron chi connectivity index (χ3n) is 3.78. The van der Waals surface area contributed by atoms with Crippen LogP contribution in [0.25, 0.3) is 0 Å². The summed E-state index contributed by atoms with van der Waals surface area (Å²) in [5.74, 6) is 1.03. The second-order valence-corrected chi connectivity index (χ2v) is 6.62. The Balaban J connectivity index is 1.80. The van der Waals surface area contributed by atoms with Gasteiger partial charge in [-0.05, 0) is 23.8 Å². The fourth-order valence-corrected chi connectivity index (χ4v) is 2.77. The van der Waals surface area contributed by atoms with Crippen molar-refractivity contribution in [2.75, 3.05) is 24.3 Å². The lowest BCUT2D eigenvalue weighted by molar-refractivity contribution is 0.102. The molecule has 6 nitrogen and oxygen atoms in total. The van der Waals surface area contributed by atoms with Gasteiger partial charge in [-0.25, -0.2) is 9.67 Å². The van der Waals surface area contributed by atoms with E-state index in [1.807, 2.05) is 31.1 Å². The first-order valence-electron chi connectivity index (χ1n) is 7.85. The van der Waals surface area contributed by atoms with E-state index in [9.17, 15) is 4.79 Å². The van der Waals surface area contributed by atoms with Crippen LogP contribution in [0.3, 0.4) is 0 Å². The Bertz CT molecular complexity index is 939. The second-order valence-electron chi connectivity index (χ2n) is 5.84. The minimum absolute atomic E-state index is 0.241. The monoisotopic (exact) mass is 389 g/mol. The molecule has 1 aromatic carbocycles. The molecule has 0 fully saturated rings. The largest absolute Gasteiger partial charge is 0.363 e. The number of aromatic nitrogens is 3. The number of amides is 1. The fourth-order valence-electron chi connectivity index (χ4n) is 2.39. The van der Waals surface area contributed by atoms with Crippen LogP contribution in [-0.2, 0) is 6.54 Å². The number of nitrogens with zero attached hydrogens (tertiary/aromatic N) is 4. The van der Waals surface area contributed by atoms with Gasteiger partial charge >= 0.3 is 0 Å². The predicted octanol–water partition coefficient (Wildman–Crippen LogP) is 3.95. The Hall–Kier alpha value is -2.57. The number of rotatable bonds is 5. The highest BCUT2D eigenvalue weighted by Crippen LogP contribution is 2.26. The highest BCUT2D eigenvalue weighted by molar-refractivity contribution is 6.42. The zero-order valence-electron chi connectivity index (χ0n) is 14.3. The molecule has 2 heterocycles. The fraction of sp³-hybridized carbons (Fsp3) is 0.167.